The number of ether oxygens (including phenoxy) is 1. The molecule has 0 radical (unpaired) electrons. The number of hydrogen-bond acceptors (Lipinski definition) is 2. The summed E-state index contributed by atoms with van der Waals surface area (Å²) in [5, 5.41) is 8.73. The molecule has 0 aliphatic heterocycles. The molecule has 1 aromatic carbocycles. The Bertz CT molecular complexity index is 367. The molecular formula is C11H12O3. The van der Waals surface area contributed by atoms with Crippen LogP contribution >= 0.6 is 0 Å². The third kappa shape index (κ3) is 2.36. The monoisotopic (exact) mass is 192 g/mol. The topological polar surface area (TPSA) is 46.5 Å². The number of methoxy groups -OCH3 is 1. The number of carboxylic acids is 1. The molecule has 0 fully saturated rings. The van der Waals surface area contributed by atoms with E-state index >= 15 is 0 Å². The molecular weight excluding hydrogens is 180 g/mol. The second kappa shape index (κ2) is 4.46. The maximum absolute atomic E-state index is 10.7. The maximum atomic E-state index is 10.7. The molecule has 1 aromatic rings. The molecule has 14 heavy (non-hydrogen) atoms. The Labute approximate surface area is 82.6 Å². The molecule has 1 rings (SSSR count). The Hall–Kier alpha value is -1.77. The van der Waals surface area contributed by atoms with E-state index in [0.29, 0.717) is 0 Å². The zero-order valence-corrected chi connectivity index (χ0v) is 8.15. The normalized spacial score (nSPS) is 11.1. The van der Waals surface area contributed by atoms with Crippen molar-refractivity contribution in [2.75, 3.05) is 7.11 Å². The molecule has 3 heteroatoms. The van der Waals surface area contributed by atoms with E-state index in [1.807, 2.05) is 31.2 Å². The lowest BCUT2D eigenvalue weighted by Gasteiger charge is -2.02. The largest absolute Gasteiger partial charge is 0.490 e. The fourth-order valence-corrected chi connectivity index (χ4v) is 1.10. The van der Waals surface area contributed by atoms with Gasteiger partial charge in [0.2, 0.25) is 5.76 Å². The van der Waals surface area contributed by atoms with Gasteiger partial charge in [-0.1, -0.05) is 24.3 Å². The third-order valence-electron chi connectivity index (χ3n) is 1.91. The number of benzene rings is 1. The molecule has 3 nitrogen and oxygen atoms in total. The minimum absolute atomic E-state index is 0.0562. The van der Waals surface area contributed by atoms with Crippen LogP contribution in [0.25, 0.3) is 6.08 Å². The van der Waals surface area contributed by atoms with Gasteiger partial charge >= 0.3 is 5.97 Å². The SMILES string of the molecule is COC(=Cc1ccccc1C)C(=O)O. The van der Waals surface area contributed by atoms with Crippen LogP contribution in [-0.2, 0) is 9.53 Å². The van der Waals surface area contributed by atoms with Gasteiger partial charge in [-0.05, 0) is 24.1 Å². The standard InChI is InChI=1S/C11H12O3/c1-8-5-3-4-6-9(8)7-10(14-2)11(12)13/h3-7H,1-2H3,(H,12,13). The molecule has 0 atom stereocenters. The van der Waals surface area contributed by atoms with Crippen molar-refractivity contribution in [2.45, 2.75) is 6.92 Å². The molecule has 0 heterocycles. The molecule has 0 bridgehead atoms. The van der Waals surface area contributed by atoms with E-state index in [2.05, 4.69) is 0 Å². The zero-order chi connectivity index (χ0) is 10.6. The highest BCUT2D eigenvalue weighted by molar-refractivity contribution is 5.90. The Morgan fingerprint density at radius 3 is 2.57 bits per heavy atom. The van der Waals surface area contributed by atoms with Gasteiger partial charge in [0, 0.05) is 0 Å². The van der Waals surface area contributed by atoms with Crippen molar-refractivity contribution in [3.8, 4) is 0 Å². The summed E-state index contributed by atoms with van der Waals surface area (Å²) in [6.07, 6.45) is 1.51. The Morgan fingerprint density at radius 1 is 1.43 bits per heavy atom. The number of aryl methyl sites for hydroxylation is 1. The lowest BCUT2D eigenvalue weighted by atomic mass is 10.1. The van der Waals surface area contributed by atoms with Gasteiger partial charge in [-0.2, -0.15) is 0 Å². The highest BCUT2D eigenvalue weighted by Crippen LogP contribution is 2.12. The van der Waals surface area contributed by atoms with E-state index in [-0.39, 0.29) is 5.76 Å². The van der Waals surface area contributed by atoms with Crippen molar-refractivity contribution in [3.05, 3.63) is 41.2 Å². The second-order valence-electron chi connectivity index (χ2n) is 2.87. The lowest BCUT2D eigenvalue weighted by Crippen LogP contribution is -2.02. The van der Waals surface area contributed by atoms with Crippen LogP contribution in [0, 0.1) is 6.92 Å². The predicted molar refractivity (Wildman–Crippen MR) is 53.8 cm³/mol. The van der Waals surface area contributed by atoms with Gasteiger partial charge in [0.1, 0.15) is 0 Å². The van der Waals surface area contributed by atoms with Gasteiger partial charge in [-0.25, -0.2) is 4.79 Å². The number of carboxylic acid groups (broad SMARTS) is 1. The quantitative estimate of drug-likeness (QED) is 0.589. The minimum atomic E-state index is -1.06. The molecule has 0 amide bonds. The van der Waals surface area contributed by atoms with Gasteiger partial charge in [-0.15, -0.1) is 0 Å². The third-order valence-corrected chi connectivity index (χ3v) is 1.91. The maximum Gasteiger partial charge on any atom is 0.371 e. The van der Waals surface area contributed by atoms with Crippen molar-refractivity contribution in [1.82, 2.24) is 0 Å². The fraction of sp³-hybridized carbons (Fsp3) is 0.182. The average Bonchev–Trinajstić information content (AvgIpc) is 2.16. The summed E-state index contributed by atoms with van der Waals surface area (Å²) >= 11 is 0. The Kier molecular flexibility index (Phi) is 3.29. The van der Waals surface area contributed by atoms with Crippen LogP contribution in [0.1, 0.15) is 11.1 Å². The van der Waals surface area contributed by atoms with Crippen LogP contribution in [0.15, 0.2) is 30.0 Å². The summed E-state index contributed by atoms with van der Waals surface area (Å²) < 4.78 is 4.73. The minimum Gasteiger partial charge on any atom is -0.490 e. The highest BCUT2D eigenvalue weighted by atomic mass is 16.5. The fourth-order valence-electron chi connectivity index (χ4n) is 1.10. The van der Waals surface area contributed by atoms with Gasteiger partial charge in [0.15, 0.2) is 0 Å². The molecule has 0 saturated heterocycles. The van der Waals surface area contributed by atoms with Gasteiger partial charge in [0.05, 0.1) is 7.11 Å². The first-order valence-electron chi connectivity index (χ1n) is 4.19. The molecule has 0 aromatic heterocycles. The number of aliphatic carboxylic acids is 1. The molecule has 0 saturated carbocycles. The van der Waals surface area contributed by atoms with Crippen molar-refractivity contribution in [3.63, 3.8) is 0 Å². The Balaban J connectivity index is 3.07. The first-order valence-corrected chi connectivity index (χ1v) is 4.19. The first-order chi connectivity index (χ1) is 6.65. The van der Waals surface area contributed by atoms with Crippen molar-refractivity contribution in [2.24, 2.45) is 0 Å². The van der Waals surface area contributed by atoms with Gasteiger partial charge in [0.25, 0.3) is 0 Å². The molecule has 74 valence electrons. The van der Waals surface area contributed by atoms with Crippen LogP contribution in [-0.4, -0.2) is 18.2 Å². The van der Waals surface area contributed by atoms with E-state index in [0.717, 1.165) is 11.1 Å². The molecule has 0 aliphatic carbocycles. The summed E-state index contributed by atoms with van der Waals surface area (Å²) in [5.41, 5.74) is 1.87. The predicted octanol–water partition coefficient (Wildman–Crippen LogP) is 2.07. The molecule has 0 aliphatic rings. The molecule has 1 N–H and O–H groups in total. The van der Waals surface area contributed by atoms with E-state index in [1.54, 1.807) is 0 Å². The van der Waals surface area contributed by atoms with Crippen molar-refractivity contribution < 1.29 is 14.6 Å². The number of hydrogen-bond donors (Lipinski definition) is 1. The number of carbonyl (C=O) groups is 1. The van der Waals surface area contributed by atoms with Crippen LogP contribution in [0.2, 0.25) is 0 Å². The lowest BCUT2D eigenvalue weighted by molar-refractivity contribution is -0.135. The van der Waals surface area contributed by atoms with E-state index in [9.17, 15) is 4.79 Å². The van der Waals surface area contributed by atoms with Crippen LogP contribution in [0.4, 0.5) is 0 Å². The first kappa shape index (κ1) is 10.3. The Morgan fingerprint density at radius 2 is 2.07 bits per heavy atom. The van der Waals surface area contributed by atoms with Gasteiger partial charge in [-0.3, -0.25) is 0 Å². The van der Waals surface area contributed by atoms with Crippen LogP contribution in [0.5, 0.6) is 0 Å². The average molecular weight is 192 g/mol. The summed E-state index contributed by atoms with van der Waals surface area (Å²) in [7, 11) is 1.35. The van der Waals surface area contributed by atoms with E-state index < -0.39 is 5.97 Å². The molecule has 0 unspecified atom stereocenters. The second-order valence-corrected chi connectivity index (χ2v) is 2.87. The smallest absolute Gasteiger partial charge is 0.371 e. The van der Waals surface area contributed by atoms with Crippen molar-refractivity contribution in [1.29, 1.82) is 0 Å². The summed E-state index contributed by atoms with van der Waals surface area (Å²) in [6, 6.07) is 7.52. The number of rotatable bonds is 3. The van der Waals surface area contributed by atoms with Crippen LogP contribution in [0.3, 0.4) is 0 Å². The summed E-state index contributed by atoms with van der Waals surface area (Å²) in [5.74, 6) is -1.12. The summed E-state index contributed by atoms with van der Waals surface area (Å²) in [4.78, 5) is 10.7. The van der Waals surface area contributed by atoms with E-state index in [1.165, 1.54) is 13.2 Å². The van der Waals surface area contributed by atoms with Crippen molar-refractivity contribution >= 4 is 12.0 Å². The van der Waals surface area contributed by atoms with Crippen LogP contribution < -0.4 is 0 Å². The molecule has 0 spiro atoms. The zero-order valence-electron chi connectivity index (χ0n) is 8.15. The summed E-state index contributed by atoms with van der Waals surface area (Å²) in [6.45, 7) is 1.92. The van der Waals surface area contributed by atoms with Gasteiger partial charge < -0.3 is 9.84 Å². The highest BCUT2D eigenvalue weighted by Gasteiger charge is 2.06. The van der Waals surface area contributed by atoms with E-state index in [4.69, 9.17) is 9.84 Å².